The van der Waals surface area contributed by atoms with Crippen molar-refractivity contribution in [2.45, 2.75) is 33.4 Å². The van der Waals surface area contributed by atoms with Gasteiger partial charge in [-0.25, -0.2) is 4.99 Å². The van der Waals surface area contributed by atoms with Crippen molar-refractivity contribution >= 4 is 35.8 Å². The zero-order valence-electron chi connectivity index (χ0n) is 18.7. The molecule has 0 saturated carbocycles. The molecule has 7 nitrogen and oxygen atoms in total. The number of rotatable bonds is 10. The Morgan fingerprint density at radius 3 is 2.48 bits per heavy atom. The number of halogens is 1. The lowest BCUT2D eigenvalue weighted by Gasteiger charge is -2.14. The number of nitrogens with one attached hydrogen (secondary N) is 3. The second-order valence-electron chi connectivity index (χ2n) is 6.68. The van der Waals surface area contributed by atoms with Crippen LogP contribution >= 0.6 is 24.0 Å². The van der Waals surface area contributed by atoms with Crippen molar-refractivity contribution < 1.29 is 14.3 Å². The summed E-state index contributed by atoms with van der Waals surface area (Å²) in [4.78, 5) is 16.8. The molecule has 0 atom stereocenters. The van der Waals surface area contributed by atoms with E-state index in [2.05, 4.69) is 20.9 Å². The molecule has 0 aliphatic heterocycles. The SMILES string of the molecule is CCCNC(=O)c1cccc(CN=C(NCC)NCc2ccc(OC)cc2OC)c1.I. The summed E-state index contributed by atoms with van der Waals surface area (Å²) in [7, 11) is 3.27. The molecule has 0 aliphatic rings. The highest BCUT2D eigenvalue weighted by atomic mass is 127. The molecule has 8 heteroatoms. The highest BCUT2D eigenvalue weighted by molar-refractivity contribution is 14.0. The summed E-state index contributed by atoms with van der Waals surface area (Å²) in [5.74, 6) is 2.14. The van der Waals surface area contributed by atoms with Gasteiger partial charge in [-0.2, -0.15) is 0 Å². The number of hydrogen-bond acceptors (Lipinski definition) is 4. The van der Waals surface area contributed by atoms with Crippen LogP contribution in [-0.4, -0.2) is 39.2 Å². The van der Waals surface area contributed by atoms with Crippen molar-refractivity contribution in [2.24, 2.45) is 4.99 Å². The van der Waals surface area contributed by atoms with Crippen LogP contribution in [-0.2, 0) is 13.1 Å². The largest absolute Gasteiger partial charge is 0.497 e. The number of hydrogen-bond donors (Lipinski definition) is 3. The number of guanidine groups is 1. The van der Waals surface area contributed by atoms with Gasteiger partial charge >= 0.3 is 0 Å². The molecule has 0 fully saturated rings. The van der Waals surface area contributed by atoms with Gasteiger partial charge in [0, 0.05) is 36.8 Å². The lowest BCUT2D eigenvalue weighted by Crippen LogP contribution is -2.36. The highest BCUT2D eigenvalue weighted by Crippen LogP contribution is 2.24. The molecule has 0 unspecified atom stereocenters. The van der Waals surface area contributed by atoms with E-state index in [-0.39, 0.29) is 29.9 Å². The summed E-state index contributed by atoms with van der Waals surface area (Å²) in [5.41, 5.74) is 2.62. The number of aliphatic imine (C=N–C) groups is 1. The fourth-order valence-corrected chi connectivity index (χ4v) is 2.84. The van der Waals surface area contributed by atoms with Crippen LogP contribution in [0.3, 0.4) is 0 Å². The summed E-state index contributed by atoms with van der Waals surface area (Å²) in [6, 6.07) is 13.3. The Labute approximate surface area is 202 Å². The maximum Gasteiger partial charge on any atom is 0.251 e. The van der Waals surface area contributed by atoms with Crippen molar-refractivity contribution in [3.8, 4) is 11.5 Å². The van der Waals surface area contributed by atoms with Crippen LogP contribution < -0.4 is 25.4 Å². The topological polar surface area (TPSA) is 84.0 Å². The van der Waals surface area contributed by atoms with Gasteiger partial charge in [-0.3, -0.25) is 4.79 Å². The van der Waals surface area contributed by atoms with Gasteiger partial charge in [0.15, 0.2) is 5.96 Å². The normalized spacial score (nSPS) is 10.6. The molecule has 0 bridgehead atoms. The van der Waals surface area contributed by atoms with Crippen LogP contribution in [0.25, 0.3) is 0 Å². The van der Waals surface area contributed by atoms with Gasteiger partial charge in [0.1, 0.15) is 11.5 Å². The molecule has 3 N–H and O–H groups in total. The van der Waals surface area contributed by atoms with Crippen LogP contribution in [0.1, 0.15) is 41.8 Å². The van der Waals surface area contributed by atoms with Crippen LogP contribution in [0.2, 0.25) is 0 Å². The standard InChI is InChI=1S/C23H32N4O3.HI/c1-5-12-25-22(28)18-9-7-8-17(13-18)15-26-23(24-6-2)27-16-19-10-11-20(29-3)14-21(19)30-4;/h7-11,13-14H,5-6,12,15-16H2,1-4H3,(H,25,28)(H2,24,26,27);1H. The number of ether oxygens (including phenoxy) is 2. The first kappa shape index (κ1) is 26.5. The van der Waals surface area contributed by atoms with Gasteiger partial charge in [-0.05, 0) is 43.2 Å². The molecule has 0 saturated heterocycles. The van der Waals surface area contributed by atoms with E-state index >= 15 is 0 Å². The van der Waals surface area contributed by atoms with Crippen molar-refractivity contribution in [1.82, 2.24) is 16.0 Å². The monoisotopic (exact) mass is 540 g/mol. The molecule has 31 heavy (non-hydrogen) atoms. The molecule has 1 amide bonds. The first-order valence-electron chi connectivity index (χ1n) is 10.2. The van der Waals surface area contributed by atoms with E-state index in [0.717, 1.165) is 35.6 Å². The lowest BCUT2D eigenvalue weighted by molar-refractivity contribution is 0.0953. The predicted molar refractivity (Wildman–Crippen MR) is 136 cm³/mol. The van der Waals surface area contributed by atoms with E-state index in [1.807, 2.05) is 56.3 Å². The van der Waals surface area contributed by atoms with Gasteiger partial charge in [0.2, 0.25) is 0 Å². The summed E-state index contributed by atoms with van der Waals surface area (Å²) in [5, 5.41) is 9.46. The number of methoxy groups -OCH3 is 2. The van der Waals surface area contributed by atoms with Crippen molar-refractivity contribution in [3.63, 3.8) is 0 Å². The molecule has 2 rings (SSSR count). The van der Waals surface area contributed by atoms with E-state index in [9.17, 15) is 4.79 Å². The maximum atomic E-state index is 12.2. The van der Waals surface area contributed by atoms with Crippen LogP contribution in [0.5, 0.6) is 11.5 Å². The third kappa shape index (κ3) is 8.64. The minimum atomic E-state index is -0.0562. The number of carbonyl (C=O) groups excluding carboxylic acids is 1. The average molecular weight is 540 g/mol. The first-order chi connectivity index (χ1) is 14.6. The number of carbonyl (C=O) groups is 1. The Balaban J connectivity index is 0.00000480. The smallest absolute Gasteiger partial charge is 0.251 e. The minimum Gasteiger partial charge on any atom is -0.497 e. The van der Waals surface area contributed by atoms with E-state index in [0.29, 0.717) is 31.2 Å². The van der Waals surface area contributed by atoms with E-state index < -0.39 is 0 Å². The van der Waals surface area contributed by atoms with Gasteiger partial charge < -0.3 is 25.4 Å². The molecule has 0 aromatic heterocycles. The average Bonchev–Trinajstić information content (AvgIpc) is 2.79. The summed E-state index contributed by atoms with van der Waals surface area (Å²) in [6.45, 7) is 6.48. The van der Waals surface area contributed by atoms with Crippen LogP contribution in [0.4, 0.5) is 0 Å². The van der Waals surface area contributed by atoms with Crippen molar-refractivity contribution in [2.75, 3.05) is 27.3 Å². The molecule has 170 valence electrons. The zero-order valence-corrected chi connectivity index (χ0v) is 21.0. The third-order valence-electron chi connectivity index (χ3n) is 4.43. The second-order valence-corrected chi connectivity index (χ2v) is 6.68. The minimum absolute atomic E-state index is 0. The molecular formula is C23H33IN4O3. The quantitative estimate of drug-likeness (QED) is 0.243. The maximum absolute atomic E-state index is 12.2. The van der Waals surface area contributed by atoms with E-state index in [1.165, 1.54) is 0 Å². The molecule has 2 aromatic carbocycles. The first-order valence-corrected chi connectivity index (χ1v) is 10.2. The fourth-order valence-electron chi connectivity index (χ4n) is 2.84. The second kappa shape index (κ2) is 14.5. The molecule has 0 aliphatic carbocycles. The number of benzene rings is 2. The van der Waals surface area contributed by atoms with Crippen LogP contribution in [0.15, 0.2) is 47.5 Å². The van der Waals surface area contributed by atoms with Gasteiger partial charge in [0.25, 0.3) is 5.91 Å². The predicted octanol–water partition coefficient (Wildman–Crippen LogP) is 3.72. The number of nitrogens with zero attached hydrogens (tertiary/aromatic N) is 1. The summed E-state index contributed by atoms with van der Waals surface area (Å²) in [6.07, 6.45) is 0.909. The highest BCUT2D eigenvalue weighted by Gasteiger charge is 2.07. The lowest BCUT2D eigenvalue weighted by atomic mass is 10.1. The Kier molecular flexibility index (Phi) is 12.4. The Hall–Kier alpha value is -2.49. The van der Waals surface area contributed by atoms with Crippen molar-refractivity contribution in [3.05, 3.63) is 59.2 Å². The van der Waals surface area contributed by atoms with Gasteiger partial charge in [-0.1, -0.05) is 19.1 Å². The van der Waals surface area contributed by atoms with Gasteiger partial charge in [-0.15, -0.1) is 24.0 Å². The Morgan fingerprint density at radius 2 is 1.81 bits per heavy atom. The number of amides is 1. The molecular weight excluding hydrogens is 507 g/mol. The molecule has 2 aromatic rings. The van der Waals surface area contributed by atoms with E-state index in [1.54, 1.807) is 14.2 Å². The summed E-state index contributed by atoms with van der Waals surface area (Å²) >= 11 is 0. The van der Waals surface area contributed by atoms with E-state index in [4.69, 9.17) is 9.47 Å². The van der Waals surface area contributed by atoms with Crippen molar-refractivity contribution in [1.29, 1.82) is 0 Å². The molecule has 0 heterocycles. The Bertz CT molecular complexity index is 858. The Morgan fingerprint density at radius 1 is 1.00 bits per heavy atom. The third-order valence-corrected chi connectivity index (χ3v) is 4.43. The fraction of sp³-hybridized carbons (Fsp3) is 0.391. The zero-order chi connectivity index (χ0) is 21.8. The molecule has 0 spiro atoms. The summed E-state index contributed by atoms with van der Waals surface area (Å²) < 4.78 is 10.7. The van der Waals surface area contributed by atoms with Crippen LogP contribution in [0, 0.1) is 0 Å². The molecule has 0 radical (unpaired) electrons. The van der Waals surface area contributed by atoms with Gasteiger partial charge in [0.05, 0.1) is 20.8 Å².